The zero-order chi connectivity index (χ0) is 13.2. The maximum absolute atomic E-state index is 12.5. The monoisotopic (exact) mass is 266 g/mol. The van der Waals surface area contributed by atoms with Crippen molar-refractivity contribution < 1.29 is 22.7 Å². The van der Waals surface area contributed by atoms with Crippen LogP contribution in [-0.2, 0) is 9.53 Å². The lowest BCUT2D eigenvalue weighted by Gasteiger charge is -2.35. The van der Waals surface area contributed by atoms with Gasteiger partial charge in [0.05, 0.1) is 12.5 Å². The Bertz CT molecular complexity index is 295. The normalized spacial score (nSPS) is 27.3. The minimum atomic E-state index is -4.14. The molecule has 7 heteroatoms. The number of morpholine rings is 1. The van der Waals surface area contributed by atoms with Crippen molar-refractivity contribution in [3.8, 4) is 0 Å². The van der Waals surface area contributed by atoms with Gasteiger partial charge in [-0.2, -0.15) is 13.2 Å². The largest absolute Gasteiger partial charge is 0.391 e. The highest BCUT2D eigenvalue weighted by atomic mass is 19.4. The second kappa shape index (κ2) is 5.44. The van der Waals surface area contributed by atoms with Crippen molar-refractivity contribution in [3.63, 3.8) is 0 Å². The van der Waals surface area contributed by atoms with Gasteiger partial charge in [0, 0.05) is 26.2 Å². The lowest BCUT2D eigenvalue weighted by Crippen LogP contribution is -2.52. The van der Waals surface area contributed by atoms with Gasteiger partial charge in [0.2, 0.25) is 0 Å². The Morgan fingerprint density at radius 1 is 1.28 bits per heavy atom. The molecule has 2 heterocycles. The van der Waals surface area contributed by atoms with Crippen LogP contribution in [0.2, 0.25) is 0 Å². The minimum absolute atomic E-state index is 0.00457. The molecule has 18 heavy (non-hydrogen) atoms. The van der Waals surface area contributed by atoms with E-state index in [1.807, 2.05) is 0 Å². The molecule has 0 radical (unpaired) electrons. The lowest BCUT2D eigenvalue weighted by molar-refractivity contribution is -0.187. The molecule has 2 saturated heterocycles. The van der Waals surface area contributed by atoms with Gasteiger partial charge in [-0.15, -0.1) is 0 Å². The predicted molar refractivity (Wildman–Crippen MR) is 58.0 cm³/mol. The fraction of sp³-hybridized carbons (Fsp3) is 0.909. The summed E-state index contributed by atoms with van der Waals surface area (Å²) in [5.41, 5.74) is 0. The van der Waals surface area contributed by atoms with Crippen LogP contribution in [0, 0.1) is 5.92 Å². The number of piperidine rings is 1. The number of likely N-dealkylation sites (tertiary alicyclic amines) is 1. The topological polar surface area (TPSA) is 41.6 Å². The first-order valence-electron chi connectivity index (χ1n) is 6.16. The third-order valence-electron chi connectivity index (χ3n) is 3.47. The van der Waals surface area contributed by atoms with Crippen LogP contribution in [0.25, 0.3) is 0 Å². The third kappa shape index (κ3) is 3.14. The lowest BCUT2D eigenvalue weighted by atomic mass is 9.96. The number of rotatable bonds is 1. The van der Waals surface area contributed by atoms with Crippen molar-refractivity contribution in [1.29, 1.82) is 0 Å². The van der Waals surface area contributed by atoms with Crippen LogP contribution < -0.4 is 5.32 Å². The molecule has 2 rings (SSSR count). The van der Waals surface area contributed by atoms with E-state index in [0.29, 0.717) is 19.7 Å². The van der Waals surface area contributed by atoms with Gasteiger partial charge in [-0.25, -0.2) is 0 Å². The Labute approximate surface area is 103 Å². The molecule has 0 spiro atoms. The highest BCUT2D eigenvalue weighted by Gasteiger charge is 2.42. The van der Waals surface area contributed by atoms with E-state index in [1.165, 1.54) is 4.90 Å². The van der Waals surface area contributed by atoms with Gasteiger partial charge in [-0.1, -0.05) is 0 Å². The molecule has 0 aromatic carbocycles. The Balaban J connectivity index is 1.83. The van der Waals surface area contributed by atoms with Gasteiger partial charge in [0.1, 0.15) is 6.10 Å². The van der Waals surface area contributed by atoms with Crippen molar-refractivity contribution in [1.82, 2.24) is 10.2 Å². The summed E-state index contributed by atoms with van der Waals surface area (Å²) in [6.07, 6.45) is -4.69. The standard InChI is InChI=1S/C11H17F3N2O2/c12-11(13,14)8-1-4-16(5-2-8)10(17)9-7-15-3-6-18-9/h8-9,15H,1-7H2. The summed E-state index contributed by atoms with van der Waals surface area (Å²) >= 11 is 0. The first kappa shape index (κ1) is 13.6. The number of halogens is 3. The molecule has 4 nitrogen and oxygen atoms in total. The second-order valence-electron chi connectivity index (χ2n) is 4.70. The zero-order valence-electron chi connectivity index (χ0n) is 10.0. The third-order valence-corrected chi connectivity index (χ3v) is 3.47. The van der Waals surface area contributed by atoms with Gasteiger partial charge in [-0.05, 0) is 12.8 Å². The maximum Gasteiger partial charge on any atom is 0.391 e. The average molecular weight is 266 g/mol. The number of amides is 1. The molecule has 0 bridgehead atoms. The molecule has 2 aliphatic heterocycles. The number of nitrogens with zero attached hydrogens (tertiary/aromatic N) is 1. The first-order valence-corrected chi connectivity index (χ1v) is 6.16. The van der Waals surface area contributed by atoms with E-state index in [-0.39, 0.29) is 31.8 Å². The Kier molecular flexibility index (Phi) is 4.11. The zero-order valence-corrected chi connectivity index (χ0v) is 10.0. The van der Waals surface area contributed by atoms with Crippen LogP contribution >= 0.6 is 0 Å². The van der Waals surface area contributed by atoms with E-state index in [9.17, 15) is 18.0 Å². The summed E-state index contributed by atoms with van der Waals surface area (Å²) in [6, 6.07) is 0. The summed E-state index contributed by atoms with van der Waals surface area (Å²) in [6.45, 7) is 1.96. The van der Waals surface area contributed by atoms with Crippen molar-refractivity contribution in [2.45, 2.75) is 25.1 Å². The molecule has 2 aliphatic rings. The fourth-order valence-corrected chi connectivity index (χ4v) is 2.35. The minimum Gasteiger partial charge on any atom is -0.366 e. The Hall–Kier alpha value is -0.820. The van der Waals surface area contributed by atoms with Gasteiger partial charge in [-0.3, -0.25) is 4.79 Å². The molecule has 0 saturated carbocycles. The summed E-state index contributed by atoms with van der Waals surface area (Å²) < 4.78 is 42.8. The van der Waals surface area contributed by atoms with Crippen molar-refractivity contribution in [2.75, 3.05) is 32.8 Å². The number of alkyl halides is 3. The van der Waals surface area contributed by atoms with Crippen LogP contribution in [0.1, 0.15) is 12.8 Å². The number of carbonyl (C=O) groups excluding carboxylic acids is 1. The molecule has 1 unspecified atom stereocenters. The SMILES string of the molecule is O=C(C1CNCCO1)N1CCC(C(F)(F)F)CC1. The number of ether oxygens (including phenoxy) is 1. The summed E-state index contributed by atoms with van der Waals surface area (Å²) in [7, 11) is 0. The van der Waals surface area contributed by atoms with Crippen molar-refractivity contribution >= 4 is 5.91 Å². The molecule has 0 aromatic rings. The van der Waals surface area contributed by atoms with Gasteiger partial charge in [0.25, 0.3) is 5.91 Å². The molecule has 1 atom stereocenters. The molecule has 1 N–H and O–H groups in total. The predicted octanol–water partition coefficient (Wildman–Crippen LogP) is 0.776. The van der Waals surface area contributed by atoms with E-state index in [0.717, 1.165) is 0 Å². The quantitative estimate of drug-likeness (QED) is 0.762. The number of carbonyl (C=O) groups is 1. The van der Waals surface area contributed by atoms with Crippen LogP contribution in [-0.4, -0.2) is 55.9 Å². The molecule has 2 fully saturated rings. The van der Waals surface area contributed by atoms with E-state index >= 15 is 0 Å². The molecular weight excluding hydrogens is 249 g/mol. The van der Waals surface area contributed by atoms with Crippen LogP contribution in [0.5, 0.6) is 0 Å². The molecule has 0 aliphatic carbocycles. The summed E-state index contributed by atoms with van der Waals surface area (Å²) in [5, 5.41) is 3.04. The van der Waals surface area contributed by atoms with Crippen molar-refractivity contribution in [2.24, 2.45) is 5.92 Å². The van der Waals surface area contributed by atoms with E-state index in [4.69, 9.17) is 4.74 Å². The summed E-state index contributed by atoms with van der Waals surface area (Å²) in [4.78, 5) is 13.5. The van der Waals surface area contributed by atoms with Gasteiger partial charge in [0.15, 0.2) is 0 Å². The Morgan fingerprint density at radius 2 is 1.94 bits per heavy atom. The van der Waals surface area contributed by atoms with Crippen LogP contribution in [0.4, 0.5) is 13.2 Å². The molecule has 0 aromatic heterocycles. The highest BCUT2D eigenvalue weighted by molar-refractivity contribution is 5.81. The molecule has 1 amide bonds. The van der Waals surface area contributed by atoms with E-state index in [2.05, 4.69) is 5.32 Å². The number of nitrogens with one attached hydrogen (secondary N) is 1. The summed E-state index contributed by atoms with van der Waals surface area (Å²) in [5.74, 6) is -1.46. The van der Waals surface area contributed by atoms with Crippen LogP contribution in [0.3, 0.4) is 0 Å². The average Bonchev–Trinajstić information content (AvgIpc) is 2.38. The van der Waals surface area contributed by atoms with Gasteiger partial charge < -0.3 is 15.0 Å². The molecule has 104 valence electrons. The maximum atomic E-state index is 12.5. The second-order valence-corrected chi connectivity index (χ2v) is 4.70. The fourth-order valence-electron chi connectivity index (χ4n) is 2.35. The number of hydrogen-bond acceptors (Lipinski definition) is 3. The van der Waals surface area contributed by atoms with E-state index in [1.54, 1.807) is 0 Å². The van der Waals surface area contributed by atoms with E-state index < -0.39 is 18.2 Å². The van der Waals surface area contributed by atoms with Crippen LogP contribution in [0.15, 0.2) is 0 Å². The first-order chi connectivity index (χ1) is 8.48. The molecular formula is C11H17F3N2O2. The smallest absolute Gasteiger partial charge is 0.366 e. The van der Waals surface area contributed by atoms with Gasteiger partial charge >= 0.3 is 6.18 Å². The number of hydrogen-bond donors (Lipinski definition) is 1. The Morgan fingerprint density at radius 3 is 2.44 bits per heavy atom. The van der Waals surface area contributed by atoms with Crippen molar-refractivity contribution in [3.05, 3.63) is 0 Å². The highest BCUT2D eigenvalue weighted by Crippen LogP contribution is 2.34.